The third-order valence-electron chi connectivity index (χ3n) is 5.99. The predicted molar refractivity (Wildman–Crippen MR) is 88.0 cm³/mol. The Balaban J connectivity index is 1.36. The Kier molecular flexibility index (Phi) is 4.01. The average molecular weight is 331 g/mol. The molecule has 3 fully saturated rings. The number of ether oxygens (including phenoxy) is 1. The molecule has 1 spiro atoms. The standard InChI is InChI=1S/C19H25NO4/c1-2-23-24-14-19-12-18(8-9-18)16(19)10-20(13-19)17(21)22-11-15-6-4-3-5-7-15/h3-7,16H,2,8-14H2,1H3/t16-,19-/m0/s1. The first-order valence-electron chi connectivity index (χ1n) is 8.88. The SMILES string of the molecule is CCOOC[C@]12CN(C(=O)OCc3ccccc3)C[C@H]1C1(CC1)C2. The van der Waals surface area contributed by atoms with E-state index in [1.165, 1.54) is 12.8 Å². The van der Waals surface area contributed by atoms with Gasteiger partial charge < -0.3 is 9.64 Å². The highest BCUT2D eigenvalue weighted by Crippen LogP contribution is 2.74. The highest BCUT2D eigenvalue weighted by molar-refractivity contribution is 5.68. The molecule has 5 heteroatoms. The van der Waals surface area contributed by atoms with Gasteiger partial charge in [-0.25, -0.2) is 14.6 Å². The van der Waals surface area contributed by atoms with Gasteiger partial charge in [-0.1, -0.05) is 30.3 Å². The van der Waals surface area contributed by atoms with Gasteiger partial charge in [0.1, 0.15) is 6.61 Å². The zero-order chi connectivity index (χ0) is 16.6. The number of hydrogen-bond donors (Lipinski definition) is 0. The second-order valence-electron chi connectivity index (χ2n) is 7.54. The number of fused-ring (bicyclic) bond motifs is 2. The van der Waals surface area contributed by atoms with Crippen molar-refractivity contribution in [1.29, 1.82) is 0 Å². The van der Waals surface area contributed by atoms with E-state index in [4.69, 9.17) is 14.5 Å². The summed E-state index contributed by atoms with van der Waals surface area (Å²) in [6, 6.07) is 9.81. The minimum absolute atomic E-state index is 0.0669. The Morgan fingerprint density at radius 1 is 1.25 bits per heavy atom. The van der Waals surface area contributed by atoms with Crippen LogP contribution >= 0.6 is 0 Å². The number of hydrogen-bond acceptors (Lipinski definition) is 4. The number of benzene rings is 1. The molecule has 0 aromatic heterocycles. The number of carbonyl (C=O) groups is 1. The summed E-state index contributed by atoms with van der Waals surface area (Å²) in [4.78, 5) is 24.8. The second-order valence-corrected chi connectivity index (χ2v) is 7.54. The van der Waals surface area contributed by atoms with E-state index in [0.717, 1.165) is 25.1 Å². The van der Waals surface area contributed by atoms with E-state index in [-0.39, 0.29) is 11.5 Å². The van der Waals surface area contributed by atoms with Gasteiger partial charge in [-0.3, -0.25) is 0 Å². The van der Waals surface area contributed by atoms with Crippen molar-refractivity contribution in [2.75, 3.05) is 26.3 Å². The molecule has 1 aromatic carbocycles. The van der Waals surface area contributed by atoms with Crippen LogP contribution in [-0.4, -0.2) is 37.3 Å². The average Bonchev–Trinajstić information content (AvgIpc) is 3.33. The topological polar surface area (TPSA) is 48.0 Å². The van der Waals surface area contributed by atoms with E-state index >= 15 is 0 Å². The van der Waals surface area contributed by atoms with E-state index < -0.39 is 0 Å². The van der Waals surface area contributed by atoms with Crippen LogP contribution in [-0.2, 0) is 21.1 Å². The molecule has 24 heavy (non-hydrogen) atoms. The van der Waals surface area contributed by atoms with Crippen LogP contribution in [0.5, 0.6) is 0 Å². The van der Waals surface area contributed by atoms with Crippen LogP contribution in [0.3, 0.4) is 0 Å². The van der Waals surface area contributed by atoms with Crippen molar-refractivity contribution in [3.05, 3.63) is 35.9 Å². The molecule has 1 aromatic rings. The van der Waals surface area contributed by atoms with Crippen LogP contribution in [0.15, 0.2) is 30.3 Å². The van der Waals surface area contributed by atoms with E-state index in [9.17, 15) is 4.79 Å². The molecule has 1 saturated heterocycles. The molecule has 0 unspecified atom stereocenters. The fourth-order valence-corrected chi connectivity index (χ4v) is 4.76. The van der Waals surface area contributed by atoms with Crippen molar-refractivity contribution in [3.63, 3.8) is 0 Å². The van der Waals surface area contributed by atoms with Gasteiger partial charge in [0.25, 0.3) is 0 Å². The van der Waals surface area contributed by atoms with Crippen molar-refractivity contribution >= 4 is 6.09 Å². The Hall–Kier alpha value is -1.59. The molecule has 0 radical (unpaired) electrons. The highest BCUT2D eigenvalue weighted by atomic mass is 17.2. The number of carbonyl (C=O) groups excluding carboxylic acids is 1. The van der Waals surface area contributed by atoms with Crippen molar-refractivity contribution in [1.82, 2.24) is 4.90 Å². The number of amides is 1. The van der Waals surface area contributed by atoms with Crippen molar-refractivity contribution in [2.45, 2.75) is 32.8 Å². The zero-order valence-corrected chi connectivity index (χ0v) is 14.2. The molecular weight excluding hydrogens is 306 g/mol. The van der Waals surface area contributed by atoms with Crippen LogP contribution in [0.4, 0.5) is 4.79 Å². The van der Waals surface area contributed by atoms with Crippen molar-refractivity contribution < 1.29 is 19.3 Å². The van der Waals surface area contributed by atoms with Gasteiger partial charge in [-0.15, -0.1) is 0 Å². The molecule has 5 nitrogen and oxygen atoms in total. The molecule has 0 N–H and O–H groups in total. The van der Waals surface area contributed by atoms with Crippen LogP contribution in [0.2, 0.25) is 0 Å². The molecule has 1 amide bonds. The van der Waals surface area contributed by atoms with Crippen LogP contribution in [0, 0.1) is 16.7 Å². The number of nitrogens with zero attached hydrogens (tertiary/aromatic N) is 1. The molecule has 0 bridgehead atoms. The fraction of sp³-hybridized carbons (Fsp3) is 0.632. The first kappa shape index (κ1) is 15.9. The van der Waals surface area contributed by atoms with Gasteiger partial charge in [0.2, 0.25) is 0 Å². The maximum Gasteiger partial charge on any atom is 0.410 e. The minimum atomic E-state index is -0.208. The Bertz CT molecular complexity index is 601. The van der Waals surface area contributed by atoms with Gasteiger partial charge >= 0.3 is 6.09 Å². The first-order valence-corrected chi connectivity index (χ1v) is 8.88. The monoisotopic (exact) mass is 331 g/mol. The van der Waals surface area contributed by atoms with E-state index in [2.05, 4.69) is 0 Å². The van der Waals surface area contributed by atoms with Crippen LogP contribution in [0.25, 0.3) is 0 Å². The number of likely N-dealkylation sites (tertiary alicyclic amines) is 1. The smallest absolute Gasteiger partial charge is 0.410 e. The summed E-state index contributed by atoms with van der Waals surface area (Å²) in [5, 5.41) is 0. The molecule has 1 heterocycles. The molecule has 2 saturated carbocycles. The van der Waals surface area contributed by atoms with Gasteiger partial charge in [-0.05, 0) is 43.1 Å². The number of rotatable bonds is 6. The van der Waals surface area contributed by atoms with E-state index in [1.807, 2.05) is 42.2 Å². The maximum absolute atomic E-state index is 12.5. The van der Waals surface area contributed by atoms with E-state index in [1.54, 1.807) is 0 Å². The lowest BCUT2D eigenvalue weighted by Gasteiger charge is -2.51. The summed E-state index contributed by atoms with van der Waals surface area (Å²) in [6.45, 7) is 4.89. The normalized spacial score (nSPS) is 29.2. The lowest BCUT2D eigenvalue weighted by molar-refractivity contribution is -0.319. The molecule has 2 atom stereocenters. The second kappa shape index (κ2) is 6.05. The molecule has 130 valence electrons. The van der Waals surface area contributed by atoms with Crippen molar-refractivity contribution in [3.8, 4) is 0 Å². The highest BCUT2D eigenvalue weighted by Gasteiger charge is 2.72. The zero-order valence-electron chi connectivity index (χ0n) is 14.2. The third-order valence-corrected chi connectivity index (χ3v) is 5.99. The Labute approximate surface area is 142 Å². The largest absolute Gasteiger partial charge is 0.445 e. The summed E-state index contributed by atoms with van der Waals surface area (Å²) < 4.78 is 5.51. The fourth-order valence-electron chi connectivity index (χ4n) is 4.76. The summed E-state index contributed by atoms with van der Waals surface area (Å²) in [5.74, 6) is 0.537. The van der Waals surface area contributed by atoms with Gasteiger partial charge in [-0.2, -0.15) is 0 Å². The Morgan fingerprint density at radius 3 is 2.75 bits per heavy atom. The van der Waals surface area contributed by atoms with Crippen molar-refractivity contribution in [2.24, 2.45) is 16.7 Å². The Morgan fingerprint density at radius 2 is 2.04 bits per heavy atom. The molecular formula is C19H25NO4. The summed E-state index contributed by atoms with van der Waals surface area (Å²) in [6.07, 6.45) is 3.53. The summed E-state index contributed by atoms with van der Waals surface area (Å²) in [5.41, 5.74) is 1.56. The van der Waals surface area contributed by atoms with Gasteiger partial charge in [0.05, 0.1) is 13.2 Å². The lowest BCUT2D eigenvalue weighted by Crippen LogP contribution is -2.51. The van der Waals surface area contributed by atoms with E-state index in [0.29, 0.717) is 31.2 Å². The molecule has 2 aliphatic carbocycles. The summed E-state index contributed by atoms with van der Waals surface area (Å²) in [7, 11) is 0. The maximum atomic E-state index is 12.5. The van der Waals surface area contributed by atoms with Crippen LogP contribution < -0.4 is 0 Å². The lowest BCUT2D eigenvalue weighted by atomic mass is 9.53. The molecule has 3 aliphatic rings. The quantitative estimate of drug-likeness (QED) is 0.455. The predicted octanol–water partition coefficient (Wildman–Crippen LogP) is 3.39. The van der Waals surface area contributed by atoms with Gasteiger partial charge in [0.15, 0.2) is 0 Å². The molecule has 4 rings (SSSR count). The molecule has 1 aliphatic heterocycles. The van der Waals surface area contributed by atoms with Crippen LogP contribution in [0.1, 0.15) is 31.7 Å². The first-order chi connectivity index (χ1) is 11.7. The van der Waals surface area contributed by atoms with Gasteiger partial charge in [0, 0.05) is 18.5 Å². The minimum Gasteiger partial charge on any atom is -0.445 e. The third kappa shape index (κ3) is 2.70. The summed E-state index contributed by atoms with van der Waals surface area (Å²) >= 11 is 0.